The fourth-order valence-electron chi connectivity index (χ4n) is 2.21. The van der Waals surface area contributed by atoms with Crippen LogP contribution in [0.5, 0.6) is 0 Å². The first-order valence-electron chi connectivity index (χ1n) is 6.56. The van der Waals surface area contributed by atoms with E-state index in [0.29, 0.717) is 11.5 Å². The van der Waals surface area contributed by atoms with Crippen LogP contribution in [0.1, 0.15) is 49.5 Å². The molecule has 0 saturated carbocycles. The van der Waals surface area contributed by atoms with Gasteiger partial charge in [0.05, 0.1) is 5.56 Å². The lowest BCUT2D eigenvalue weighted by atomic mass is 9.95. The number of carbonyl (C=O) groups is 1. The maximum atomic E-state index is 12.2. The van der Waals surface area contributed by atoms with Gasteiger partial charge in [0.1, 0.15) is 0 Å². The summed E-state index contributed by atoms with van der Waals surface area (Å²) in [6.45, 7) is 8.41. The van der Waals surface area contributed by atoms with Crippen LogP contribution >= 0.6 is 15.9 Å². The van der Waals surface area contributed by atoms with Gasteiger partial charge in [-0.25, -0.2) is 0 Å². The molecule has 0 aromatic heterocycles. The van der Waals surface area contributed by atoms with Crippen LogP contribution in [0.25, 0.3) is 0 Å². The minimum Gasteiger partial charge on any atom is -0.349 e. The zero-order valence-electron chi connectivity index (χ0n) is 11.6. The van der Waals surface area contributed by atoms with Crippen molar-refractivity contribution >= 4 is 21.8 Å². The Balaban J connectivity index is 2.79. The highest BCUT2D eigenvalue weighted by molar-refractivity contribution is 9.10. The number of nitrogens with one attached hydrogen (secondary N) is 1. The minimum atomic E-state index is 0.00461. The lowest BCUT2D eigenvalue weighted by Crippen LogP contribution is -2.37. The fraction of sp³-hybridized carbons (Fsp3) is 0.533. The third kappa shape index (κ3) is 3.84. The minimum absolute atomic E-state index is 0.00461. The second-order valence-corrected chi connectivity index (χ2v) is 5.68. The molecule has 0 bridgehead atoms. The normalized spacial score (nSPS) is 12.6. The van der Waals surface area contributed by atoms with Crippen LogP contribution in [0.15, 0.2) is 22.7 Å². The molecule has 1 amide bonds. The molecule has 1 aromatic rings. The molecule has 1 N–H and O–H groups in total. The SMILES string of the molecule is CCC(CC)C(C)NC(=O)c1cc(C)ccc1Br. The first kappa shape index (κ1) is 15.2. The summed E-state index contributed by atoms with van der Waals surface area (Å²) >= 11 is 3.43. The van der Waals surface area contributed by atoms with Gasteiger partial charge in [-0.3, -0.25) is 4.79 Å². The average Bonchev–Trinajstić information content (AvgIpc) is 2.33. The van der Waals surface area contributed by atoms with Crippen LogP contribution in [-0.2, 0) is 0 Å². The Hall–Kier alpha value is -0.830. The summed E-state index contributed by atoms with van der Waals surface area (Å²) in [6, 6.07) is 6.04. The topological polar surface area (TPSA) is 29.1 Å². The highest BCUT2D eigenvalue weighted by Gasteiger charge is 2.18. The molecule has 1 aromatic carbocycles. The highest BCUT2D eigenvalue weighted by atomic mass is 79.9. The predicted octanol–water partition coefficient (Wildman–Crippen LogP) is 4.31. The van der Waals surface area contributed by atoms with Gasteiger partial charge < -0.3 is 5.32 Å². The van der Waals surface area contributed by atoms with Crippen molar-refractivity contribution in [3.63, 3.8) is 0 Å². The Labute approximate surface area is 118 Å². The van der Waals surface area contributed by atoms with Gasteiger partial charge in [0.15, 0.2) is 0 Å². The molecule has 100 valence electrons. The molecule has 0 heterocycles. The van der Waals surface area contributed by atoms with Crippen LogP contribution in [0.2, 0.25) is 0 Å². The Morgan fingerprint density at radius 1 is 1.33 bits per heavy atom. The van der Waals surface area contributed by atoms with Gasteiger partial charge in [0.2, 0.25) is 0 Å². The molecular formula is C15H22BrNO. The highest BCUT2D eigenvalue weighted by Crippen LogP contribution is 2.19. The molecule has 0 aliphatic rings. The van der Waals surface area contributed by atoms with E-state index < -0.39 is 0 Å². The van der Waals surface area contributed by atoms with Crippen molar-refractivity contribution in [3.8, 4) is 0 Å². The number of aryl methyl sites for hydroxylation is 1. The smallest absolute Gasteiger partial charge is 0.252 e. The monoisotopic (exact) mass is 311 g/mol. The van der Waals surface area contributed by atoms with Crippen molar-refractivity contribution in [2.75, 3.05) is 0 Å². The second-order valence-electron chi connectivity index (χ2n) is 4.82. The molecule has 18 heavy (non-hydrogen) atoms. The molecule has 0 spiro atoms. The number of carbonyl (C=O) groups excluding carboxylic acids is 1. The van der Waals surface area contributed by atoms with Crippen molar-refractivity contribution < 1.29 is 4.79 Å². The van der Waals surface area contributed by atoms with Crippen molar-refractivity contribution in [1.82, 2.24) is 5.32 Å². The summed E-state index contributed by atoms with van der Waals surface area (Å²) in [5.41, 5.74) is 1.81. The molecule has 2 nitrogen and oxygen atoms in total. The molecule has 3 heteroatoms. The number of benzene rings is 1. The van der Waals surface area contributed by atoms with Crippen LogP contribution in [0.3, 0.4) is 0 Å². The second kappa shape index (κ2) is 6.93. The predicted molar refractivity (Wildman–Crippen MR) is 79.9 cm³/mol. The molecule has 0 aliphatic heterocycles. The number of amides is 1. The van der Waals surface area contributed by atoms with E-state index in [-0.39, 0.29) is 11.9 Å². The Morgan fingerprint density at radius 2 is 1.94 bits per heavy atom. The molecule has 1 atom stereocenters. The van der Waals surface area contributed by atoms with E-state index >= 15 is 0 Å². The Kier molecular flexibility index (Phi) is 5.86. The largest absolute Gasteiger partial charge is 0.349 e. The van der Waals surface area contributed by atoms with Crippen molar-refractivity contribution in [3.05, 3.63) is 33.8 Å². The number of halogens is 1. The Morgan fingerprint density at radius 3 is 2.50 bits per heavy atom. The first-order chi connectivity index (χ1) is 8.49. The van der Waals surface area contributed by atoms with Crippen molar-refractivity contribution in [2.24, 2.45) is 5.92 Å². The van der Waals surface area contributed by atoms with E-state index in [2.05, 4.69) is 42.0 Å². The van der Waals surface area contributed by atoms with Gasteiger partial charge in [0.25, 0.3) is 5.91 Å². The quantitative estimate of drug-likeness (QED) is 0.862. The number of hydrogen-bond acceptors (Lipinski definition) is 1. The zero-order valence-corrected chi connectivity index (χ0v) is 13.2. The van der Waals surface area contributed by atoms with Crippen molar-refractivity contribution in [2.45, 2.75) is 46.6 Å². The molecule has 1 unspecified atom stereocenters. The summed E-state index contributed by atoms with van der Waals surface area (Å²) in [4.78, 5) is 12.2. The van der Waals surface area contributed by atoms with Crippen LogP contribution in [0.4, 0.5) is 0 Å². The third-order valence-corrected chi connectivity index (χ3v) is 4.17. The fourth-order valence-corrected chi connectivity index (χ4v) is 2.64. The van der Waals surface area contributed by atoms with E-state index in [4.69, 9.17) is 0 Å². The van der Waals surface area contributed by atoms with Crippen LogP contribution < -0.4 is 5.32 Å². The third-order valence-electron chi connectivity index (χ3n) is 3.48. The molecule has 0 aliphatic carbocycles. The van der Waals surface area contributed by atoms with Gasteiger partial charge in [-0.15, -0.1) is 0 Å². The number of rotatable bonds is 5. The molecule has 0 saturated heterocycles. The number of hydrogen-bond donors (Lipinski definition) is 1. The van der Waals surface area contributed by atoms with E-state index in [1.165, 1.54) is 0 Å². The average molecular weight is 312 g/mol. The molecule has 1 rings (SSSR count). The summed E-state index contributed by atoms with van der Waals surface area (Å²) < 4.78 is 0.849. The molecule has 0 fully saturated rings. The lowest BCUT2D eigenvalue weighted by molar-refractivity contribution is 0.0924. The van der Waals surface area contributed by atoms with Crippen molar-refractivity contribution in [1.29, 1.82) is 0 Å². The van der Waals surface area contributed by atoms with Gasteiger partial charge >= 0.3 is 0 Å². The zero-order chi connectivity index (χ0) is 13.7. The lowest BCUT2D eigenvalue weighted by Gasteiger charge is -2.22. The summed E-state index contributed by atoms with van der Waals surface area (Å²) in [7, 11) is 0. The maximum Gasteiger partial charge on any atom is 0.252 e. The van der Waals surface area contributed by atoms with E-state index in [1.807, 2.05) is 25.1 Å². The van der Waals surface area contributed by atoms with Crippen LogP contribution in [-0.4, -0.2) is 11.9 Å². The van der Waals surface area contributed by atoms with Gasteiger partial charge in [-0.05, 0) is 47.8 Å². The molecule has 0 radical (unpaired) electrons. The maximum absolute atomic E-state index is 12.2. The van der Waals surface area contributed by atoms with Gasteiger partial charge in [-0.2, -0.15) is 0 Å². The van der Waals surface area contributed by atoms with Gasteiger partial charge in [0, 0.05) is 10.5 Å². The van der Waals surface area contributed by atoms with Gasteiger partial charge in [-0.1, -0.05) is 38.3 Å². The standard InChI is InChI=1S/C15H22BrNO/c1-5-12(6-2)11(4)17-15(18)13-9-10(3)7-8-14(13)16/h7-9,11-12H,5-6H2,1-4H3,(H,17,18). The summed E-state index contributed by atoms with van der Waals surface area (Å²) in [5, 5.41) is 3.10. The van der Waals surface area contributed by atoms with E-state index in [1.54, 1.807) is 0 Å². The first-order valence-corrected chi connectivity index (χ1v) is 7.35. The van der Waals surface area contributed by atoms with E-state index in [9.17, 15) is 4.79 Å². The summed E-state index contributed by atoms with van der Waals surface area (Å²) in [5.74, 6) is 0.544. The van der Waals surface area contributed by atoms with E-state index in [0.717, 1.165) is 22.9 Å². The van der Waals surface area contributed by atoms with Crippen LogP contribution in [0, 0.1) is 12.8 Å². The molecular weight excluding hydrogens is 290 g/mol. The Bertz CT molecular complexity index is 413. The summed E-state index contributed by atoms with van der Waals surface area (Å²) in [6.07, 6.45) is 2.18.